The fourth-order valence-corrected chi connectivity index (χ4v) is 3.07. The number of hydrogen-bond donors (Lipinski definition) is 14. The molecule has 0 fully saturated rings. The molecular weight excluding hydrogens is 784 g/mol. The largest absolute Gasteiger partial charge is 0.481 e. The van der Waals surface area contributed by atoms with Crippen LogP contribution >= 0.6 is 0 Å². The van der Waals surface area contributed by atoms with Crippen molar-refractivity contribution in [1.82, 2.24) is 0 Å². The second-order valence-electron chi connectivity index (χ2n) is 9.23. The number of aliphatic carboxylic acids is 14. The van der Waals surface area contributed by atoms with E-state index >= 15 is 0 Å². The second-order valence-corrected chi connectivity index (χ2v) is 9.23. The fourth-order valence-electron chi connectivity index (χ4n) is 3.07. The molecule has 0 rings (SSSR count). The molecule has 0 saturated carbocycles. The Kier molecular flexibility index (Phi) is 26.4. The number of carboxylic acid groups (broad SMARTS) is 14. The lowest BCUT2D eigenvalue weighted by atomic mass is 9.83. The zero-order valence-corrected chi connectivity index (χ0v) is 27.2. The van der Waals surface area contributed by atoms with Crippen LogP contribution in [0, 0.1) is 17.8 Å². The summed E-state index contributed by atoms with van der Waals surface area (Å²) in [6.07, 6.45) is -1.30. The van der Waals surface area contributed by atoms with Crippen LogP contribution in [0.5, 0.6) is 0 Å². The van der Waals surface area contributed by atoms with Crippen LogP contribution < -0.4 is 0 Å². The first-order valence-corrected chi connectivity index (χ1v) is 13.4. The van der Waals surface area contributed by atoms with Gasteiger partial charge in [0.2, 0.25) is 0 Å². The van der Waals surface area contributed by atoms with Gasteiger partial charge in [0.05, 0.1) is 47.8 Å². The van der Waals surface area contributed by atoms with Crippen molar-refractivity contribution in [3.05, 3.63) is 47.1 Å². The van der Waals surface area contributed by atoms with E-state index in [2.05, 4.69) is 0 Å². The standard InChI is InChI=1S/C10H10O10.C8H8O8.C6H6O6.C4H4O4/c11-5(12)1-3(8(15)16)7(10(19)20)4(9(17)18)2-6(13)14;9-5(10)1-3(7(13)14)4(8(15)16)2-6(11)12;7-4(8)1-3(6(11)12)2-5(9)10;5-3(6)1-2-4(7)8/h1,4,7H,2H2,(H,11,12)(H,13,14)(H,15,16)(H,17,18)(H,19,20);1,4H,2H2,(H,9,10)(H,11,12)(H,13,14)(H,15,16);1H,2H2,(H,7,8)(H,9,10)(H,11,12);1-2H,(H,5,6)(H,7,8)/b3*3-1+;2-1+. The average molecular weight is 813 g/mol. The highest BCUT2D eigenvalue weighted by atomic mass is 16.4. The van der Waals surface area contributed by atoms with Crippen molar-refractivity contribution in [3.8, 4) is 0 Å². The van der Waals surface area contributed by atoms with E-state index in [9.17, 15) is 67.1 Å². The van der Waals surface area contributed by atoms with Gasteiger partial charge in [-0.2, -0.15) is 0 Å². The quantitative estimate of drug-likeness (QED) is 0.0564. The molecule has 28 nitrogen and oxygen atoms in total. The Hall–Kier alpha value is -8.46. The van der Waals surface area contributed by atoms with Gasteiger partial charge >= 0.3 is 83.6 Å². The Balaban J connectivity index is -0.000000338. The third-order valence-corrected chi connectivity index (χ3v) is 5.10. The monoisotopic (exact) mass is 812 g/mol. The zero-order valence-electron chi connectivity index (χ0n) is 27.2. The smallest absolute Gasteiger partial charge is 0.332 e. The molecule has 0 aromatic rings. The van der Waals surface area contributed by atoms with Crippen molar-refractivity contribution >= 4 is 83.6 Å². The van der Waals surface area contributed by atoms with Crippen LogP contribution in [0.2, 0.25) is 0 Å². The van der Waals surface area contributed by atoms with Gasteiger partial charge in [-0.15, -0.1) is 0 Å². The lowest BCUT2D eigenvalue weighted by molar-refractivity contribution is -0.157. The Labute approximate surface area is 306 Å². The van der Waals surface area contributed by atoms with E-state index in [1.165, 1.54) is 0 Å². The Morgan fingerprint density at radius 2 is 0.750 bits per heavy atom. The maximum Gasteiger partial charge on any atom is 0.332 e. The van der Waals surface area contributed by atoms with Crippen LogP contribution in [0.25, 0.3) is 0 Å². The molecule has 3 unspecified atom stereocenters. The minimum absolute atomic E-state index is 0.0267. The van der Waals surface area contributed by atoms with Gasteiger partial charge in [-0.05, 0) is 0 Å². The summed E-state index contributed by atoms with van der Waals surface area (Å²) in [5.41, 5.74) is -2.86. The maximum atomic E-state index is 11.0. The molecule has 3 atom stereocenters. The highest BCUT2D eigenvalue weighted by Gasteiger charge is 2.41. The van der Waals surface area contributed by atoms with Gasteiger partial charge in [0.15, 0.2) is 0 Å². The molecule has 0 aliphatic heterocycles. The molecule has 0 aliphatic carbocycles. The molecule has 0 spiro atoms. The maximum absolute atomic E-state index is 11.0. The minimum atomic E-state index is -2.31. The third-order valence-electron chi connectivity index (χ3n) is 5.10. The summed E-state index contributed by atoms with van der Waals surface area (Å²) in [5, 5.41) is 117. The van der Waals surface area contributed by atoms with E-state index in [1.807, 2.05) is 0 Å². The van der Waals surface area contributed by atoms with Gasteiger partial charge in [0.25, 0.3) is 0 Å². The van der Waals surface area contributed by atoms with Gasteiger partial charge < -0.3 is 71.5 Å². The van der Waals surface area contributed by atoms with Gasteiger partial charge in [0, 0.05) is 30.4 Å². The molecular formula is C28H28O28. The van der Waals surface area contributed by atoms with Gasteiger partial charge in [-0.25, -0.2) is 38.4 Å². The van der Waals surface area contributed by atoms with E-state index in [1.54, 1.807) is 0 Å². The Morgan fingerprint density at radius 3 is 0.982 bits per heavy atom. The number of rotatable bonds is 20. The third kappa shape index (κ3) is 28.3. The fraction of sp³-hybridized carbons (Fsp3) is 0.214. The first-order chi connectivity index (χ1) is 25.4. The molecule has 0 saturated heterocycles. The summed E-state index contributed by atoms with van der Waals surface area (Å²) >= 11 is 0. The molecule has 28 heteroatoms. The summed E-state index contributed by atoms with van der Waals surface area (Å²) in [6, 6.07) is 0. The molecule has 0 aromatic carbocycles. The molecule has 308 valence electrons. The minimum Gasteiger partial charge on any atom is -0.481 e. The van der Waals surface area contributed by atoms with Crippen LogP contribution in [-0.2, 0) is 67.1 Å². The molecule has 0 radical (unpaired) electrons. The van der Waals surface area contributed by atoms with E-state index in [4.69, 9.17) is 71.5 Å². The summed E-state index contributed by atoms with van der Waals surface area (Å²) in [5.74, 6) is -29.2. The van der Waals surface area contributed by atoms with Crippen LogP contribution in [0.1, 0.15) is 19.3 Å². The summed E-state index contributed by atoms with van der Waals surface area (Å²) in [4.78, 5) is 145. The lowest BCUT2D eigenvalue weighted by Crippen LogP contribution is -2.35. The highest BCUT2D eigenvalue weighted by molar-refractivity contribution is 6.02. The average Bonchev–Trinajstić information content (AvgIpc) is 2.99. The van der Waals surface area contributed by atoms with Crippen molar-refractivity contribution < 1.29 is 139 Å². The zero-order chi connectivity index (χ0) is 45.2. The van der Waals surface area contributed by atoms with Crippen LogP contribution in [-0.4, -0.2) is 155 Å². The number of hydrogen-bond acceptors (Lipinski definition) is 14. The van der Waals surface area contributed by atoms with Crippen molar-refractivity contribution in [2.45, 2.75) is 19.3 Å². The summed E-state index contributed by atoms with van der Waals surface area (Å²) in [7, 11) is 0. The van der Waals surface area contributed by atoms with Gasteiger partial charge in [0.1, 0.15) is 5.92 Å². The number of carbonyl (C=O) groups is 14. The van der Waals surface area contributed by atoms with Crippen LogP contribution in [0.3, 0.4) is 0 Å². The Bertz CT molecular complexity index is 1700. The topological polar surface area (TPSA) is 522 Å². The van der Waals surface area contributed by atoms with E-state index in [-0.39, 0.29) is 12.2 Å². The summed E-state index contributed by atoms with van der Waals surface area (Å²) < 4.78 is 0. The lowest BCUT2D eigenvalue weighted by Gasteiger charge is -2.19. The van der Waals surface area contributed by atoms with Crippen LogP contribution in [0.15, 0.2) is 47.1 Å². The molecule has 0 aromatic heterocycles. The first kappa shape index (κ1) is 54.3. The van der Waals surface area contributed by atoms with E-state index in [0.717, 1.165) is 0 Å². The van der Waals surface area contributed by atoms with Crippen LogP contribution in [0.4, 0.5) is 0 Å². The molecule has 0 heterocycles. The van der Waals surface area contributed by atoms with Crippen molar-refractivity contribution in [1.29, 1.82) is 0 Å². The Morgan fingerprint density at radius 1 is 0.375 bits per heavy atom. The predicted molar refractivity (Wildman–Crippen MR) is 165 cm³/mol. The first-order valence-electron chi connectivity index (χ1n) is 13.4. The van der Waals surface area contributed by atoms with Gasteiger partial charge in [-0.1, -0.05) is 0 Å². The van der Waals surface area contributed by atoms with E-state index in [0.29, 0.717) is 18.2 Å². The van der Waals surface area contributed by atoms with Crippen molar-refractivity contribution in [2.24, 2.45) is 17.8 Å². The highest BCUT2D eigenvalue weighted by Crippen LogP contribution is 2.25. The molecule has 56 heavy (non-hydrogen) atoms. The predicted octanol–water partition coefficient (Wildman–Crippen LogP) is -2.52. The number of carboxylic acids is 14. The molecule has 0 bridgehead atoms. The van der Waals surface area contributed by atoms with E-state index < -0.39 is 137 Å². The van der Waals surface area contributed by atoms with Crippen molar-refractivity contribution in [2.75, 3.05) is 0 Å². The van der Waals surface area contributed by atoms with Crippen molar-refractivity contribution in [3.63, 3.8) is 0 Å². The SMILES string of the molecule is O=C(O)/C=C(/C(=O)O)C(C(=O)O)C(CC(=O)O)C(=O)O.O=C(O)/C=C(/C(=O)O)C(CC(=O)O)C(=O)O.O=C(O)/C=C(\CC(=O)O)C(=O)O.O=C(O)/C=C/C(=O)O. The van der Waals surface area contributed by atoms with Gasteiger partial charge in [-0.3, -0.25) is 28.8 Å². The molecule has 14 N–H and O–H groups in total. The molecule has 0 amide bonds. The molecule has 0 aliphatic rings. The summed E-state index contributed by atoms with van der Waals surface area (Å²) in [6.45, 7) is 0. The second kappa shape index (κ2) is 27.2. The normalized spacial score (nSPS) is 12.4.